The number of aromatic amines is 1. The van der Waals surface area contributed by atoms with E-state index in [-0.39, 0.29) is 17.4 Å². The Morgan fingerprint density at radius 2 is 2.18 bits per heavy atom. The van der Waals surface area contributed by atoms with Crippen molar-refractivity contribution in [3.05, 3.63) is 29.6 Å². The van der Waals surface area contributed by atoms with Gasteiger partial charge < -0.3 is 16.0 Å². The van der Waals surface area contributed by atoms with Crippen molar-refractivity contribution in [3.63, 3.8) is 0 Å². The van der Waals surface area contributed by atoms with Crippen LogP contribution in [0.15, 0.2) is 18.2 Å². The van der Waals surface area contributed by atoms with Gasteiger partial charge in [0, 0.05) is 19.4 Å². The van der Waals surface area contributed by atoms with E-state index in [9.17, 15) is 4.79 Å². The summed E-state index contributed by atoms with van der Waals surface area (Å²) in [4.78, 5) is 20.0. The molecule has 1 atom stereocenters. The zero-order chi connectivity index (χ0) is 16.3. The van der Waals surface area contributed by atoms with Gasteiger partial charge >= 0.3 is 0 Å². The van der Waals surface area contributed by atoms with E-state index in [0.29, 0.717) is 19.4 Å². The molecule has 5 nitrogen and oxygen atoms in total. The van der Waals surface area contributed by atoms with Gasteiger partial charge in [-0.2, -0.15) is 0 Å². The lowest BCUT2D eigenvalue weighted by atomic mass is 9.88. The van der Waals surface area contributed by atoms with Crippen LogP contribution in [0.5, 0.6) is 0 Å². The van der Waals surface area contributed by atoms with Crippen LogP contribution in [0, 0.1) is 12.8 Å². The first-order valence-corrected chi connectivity index (χ1v) is 7.81. The molecule has 5 heteroatoms. The highest BCUT2D eigenvalue weighted by molar-refractivity contribution is 5.79. The third-order valence-corrected chi connectivity index (χ3v) is 4.48. The lowest BCUT2D eigenvalue weighted by Gasteiger charge is -2.33. The predicted octanol–water partition coefficient (Wildman–Crippen LogP) is 2.29. The van der Waals surface area contributed by atoms with Crippen LogP contribution in [0.2, 0.25) is 0 Å². The molecule has 1 heterocycles. The topological polar surface area (TPSA) is 83.8 Å². The van der Waals surface area contributed by atoms with Gasteiger partial charge in [-0.1, -0.05) is 26.0 Å². The maximum atomic E-state index is 12.2. The van der Waals surface area contributed by atoms with Crippen molar-refractivity contribution in [1.82, 2.24) is 15.3 Å². The lowest BCUT2D eigenvalue weighted by molar-refractivity contribution is -0.123. The van der Waals surface area contributed by atoms with E-state index in [1.807, 2.05) is 32.0 Å². The van der Waals surface area contributed by atoms with Gasteiger partial charge in [0.05, 0.1) is 16.6 Å². The molecule has 2 rings (SSSR count). The van der Waals surface area contributed by atoms with E-state index in [2.05, 4.69) is 29.1 Å². The van der Waals surface area contributed by atoms with Crippen LogP contribution in [-0.2, 0) is 11.2 Å². The van der Waals surface area contributed by atoms with Gasteiger partial charge in [0.25, 0.3) is 0 Å². The zero-order valence-corrected chi connectivity index (χ0v) is 13.9. The Morgan fingerprint density at radius 1 is 1.45 bits per heavy atom. The smallest absolute Gasteiger partial charge is 0.220 e. The number of nitrogens with two attached hydrogens (primary N) is 1. The second-order valence-corrected chi connectivity index (χ2v) is 6.48. The fourth-order valence-electron chi connectivity index (χ4n) is 2.39. The first-order valence-electron chi connectivity index (χ1n) is 7.81. The molecule has 0 fully saturated rings. The molecule has 1 aromatic heterocycles. The van der Waals surface area contributed by atoms with Gasteiger partial charge in [-0.25, -0.2) is 4.98 Å². The molecule has 1 aromatic carbocycles. The minimum Gasteiger partial charge on any atom is -0.349 e. The van der Waals surface area contributed by atoms with E-state index in [1.54, 1.807) is 0 Å². The molecule has 1 unspecified atom stereocenters. The second-order valence-electron chi connectivity index (χ2n) is 6.48. The number of aromatic nitrogens is 2. The maximum absolute atomic E-state index is 12.2. The van der Waals surface area contributed by atoms with Crippen molar-refractivity contribution >= 4 is 16.9 Å². The molecule has 0 radical (unpaired) electrons. The molecule has 0 aliphatic carbocycles. The van der Waals surface area contributed by atoms with E-state index in [0.717, 1.165) is 22.4 Å². The number of fused-ring (bicyclic) bond motifs is 1. The fourth-order valence-corrected chi connectivity index (χ4v) is 2.39. The molecule has 120 valence electrons. The number of nitrogens with one attached hydrogen (secondary N) is 2. The number of amides is 1. The van der Waals surface area contributed by atoms with E-state index >= 15 is 0 Å². The van der Waals surface area contributed by atoms with E-state index < -0.39 is 0 Å². The van der Waals surface area contributed by atoms with Crippen LogP contribution in [0.25, 0.3) is 11.0 Å². The molecular formula is C17H26N4O. The Hall–Kier alpha value is -1.88. The third-order valence-electron chi connectivity index (χ3n) is 4.48. The summed E-state index contributed by atoms with van der Waals surface area (Å²) in [6, 6.07) is 6.04. The molecule has 1 amide bonds. The normalized spacial score (nSPS) is 14.3. The van der Waals surface area contributed by atoms with Crippen molar-refractivity contribution in [2.75, 3.05) is 6.54 Å². The number of rotatable bonds is 6. The Balaban J connectivity index is 1.99. The van der Waals surface area contributed by atoms with Gasteiger partial charge in [0.2, 0.25) is 5.91 Å². The monoisotopic (exact) mass is 302 g/mol. The minimum absolute atomic E-state index is 0.0128. The largest absolute Gasteiger partial charge is 0.349 e. The number of nitrogens with zero attached hydrogens (tertiary/aromatic N) is 1. The molecule has 22 heavy (non-hydrogen) atoms. The molecule has 0 saturated carbocycles. The van der Waals surface area contributed by atoms with Crippen molar-refractivity contribution < 1.29 is 4.79 Å². The van der Waals surface area contributed by atoms with E-state index in [4.69, 9.17) is 5.73 Å². The average Bonchev–Trinajstić information content (AvgIpc) is 2.89. The Morgan fingerprint density at radius 3 is 2.77 bits per heavy atom. The van der Waals surface area contributed by atoms with Crippen LogP contribution < -0.4 is 11.1 Å². The molecule has 2 aromatic rings. The number of benzene rings is 1. The molecule has 0 aliphatic rings. The summed E-state index contributed by atoms with van der Waals surface area (Å²) in [5.41, 5.74) is 8.57. The molecule has 0 spiro atoms. The summed E-state index contributed by atoms with van der Waals surface area (Å²) in [6.07, 6.45) is 1.000. The zero-order valence-electron chi connectivity index (χ0n) is 13.9. The number of H-pyrrole nitrogens is 1. The number of hydrogen-bond donors (Lipinski definition) is 3. The summed E-state index contributed by atoms with van der Waals surface area (Å²) in [7, 11) is 0. The van der Waals surface area contributed by atoms with Crippen LogP contribution in [0.3, 0.4) is 0 Å². The quantitative estimate of drug-likeness (QED) is 0.765. The van der Waals surface area contributed by atoms with Crippen LogP contribution in [-0.4, -0.2) is 28.0 Å². The van der Waals surface area contributed by atoms with Crippen LogP contribution in [0.4, 0.5) is 0 Å². The fraction of sp³-hybridized carbons (Fsp3) is 0.529. The number of carbonyl (C=O) groups excluding carboxylic acids is 1. The van der Waals surface area contributed by atoms with Crippen molar-refractivity contribution in [3.8, 4) is 0 Å². The highest BCUT2D eigenvalue weighted by Crippen LogP contribution is 2.17. The van der Waals surface area contributed by atoms with Crippen molar-refractivity contribution in [2.45, 2.75) is 46.1 Å². The third kappa shape index (κ3) is 3.47. The lowest BCUT2D eigenvalue weighted by Crippen LogP contribution is -2.55. The van der Waals surface area contributed by atoms with Gasteiger partial charge in [-0.15, -0.1) is 0 Å². The SMILES string of the molecule is Cc1cccc2[nH]c(CCC(=O)NC(C)(CN)C(C)C)nc12. The minimum atomic E-state index is -0.360. The van der Waals surface area contributed by atoms with Crippen LogP contribution in [0.1, 0.15) is 38.6 Å². The highest BCUT2D eigenvalue weighted by Gasteiger charge is 2.28. The summed E-state index contributed by atoms with van der Waals surface area (Å²) < 4.78 is 0. The van der Waals surface area contributed by atoms with Gasteiger partial charge in [0.1, 0.15) is 5.82 Å². The molecule has 0 saturated heterocycles. The number of imidazole rings is 1. The summed E-state index contributed by atoms with van der Waals surface area (Å²) in [5, 5.41) is 3.05. The predicted molar refractivity (Wildman–Crippen MR) is 89.6 cm³/mol. The molecular weight excluding hydrogens is 276 g/mol. The van der Waals surface area contributed by atoms with Crippen LogP contribution >= 0.6 is 0 Å². The first-order chi connectivity index (χ1) is 10.4. The highest BCUT2D eigenvalue weighted by atomic mass is 16.1. The molecule has 4 N–H and O–H groups in total. The number of para-hydroxylation sites is 1. The number of hydrogen-bond acceptors (Lipinski definition) is 3. The van der Waals surface area contributed by atoms with Gasteiger partial charge in [-0.3, -0.25) is 4.79 Å². The Labute approximate surface area is 131 Å². The van der Waals surface area contributed by atoms with Crippen molar-refractivity contribution in [1.29, 1.82) is 0 Å². The summed E-state index contributed by atoms with van der Waals surface area (Å²) in [6.45, 7) is 8.58. The maximum Gasteiger partial charge on any atom is 0.220 e. The number of carbonyl (C=O) groups is 1. The Kier molecular flexibility index (Phi) is 4.86. The second kappa shape index (κ2) is 6.48. The van der Waals surface area contributed by atoms with E-state index in [1.165, 1.54) is 0 Å². The molecule has 0 aliphatic heterocycles. The first kappa shape index (κ1) is 16.5. The van der Waals surface area contributed by atoms with Crippen molar-refractivity contribution in [2.24, 2.45) is 11.7 Å². The standard InChI is InChI=1S/C17H26N4O/c1-11(2)17(4,10-18)21-15(22)9-8-14-19-13-7-5-6-12(3)16(13)20-14/h5-7,11H,8-10,18H2,1-4H3,(H,19,20)(H,21,22). The van der Waals surface area contributed by atoms with Gasteiger partial charge in [-0.05, 0) is 31.4 Å². The summed E-state index contributed by atoms with van der Waals surface area (Å²) in [5.74, 6) is 1.15. The Bertz CT molecular complexity index is 662. The summed E-state index contributed by atoms with van der Waals surface area (Å²) >= 11 is 0. The van der Waals surface area contributed by atoms with Gasteiger partial charge in [0.15, 0.2) is 0 Å². The molecule has 0 bridgehead atoms. The average molecular weight is 302 g/mol. The number of aryl methyl sites for hydroxylation is 2.